The minimum atomic E-state index is 0.368. The Bertz CT molecular complexity index is 560. The summed E-state index contributed by atoms with van der Waals surface area (Å²) in [4.78, 5) is 0. The molecule has 2 aromatic carbocycles. The van der Waals surface area contributed by atoms with E-state index in [0.29, 0.717) is 6.04 Å². The van der Waals surface area contributed by atoms with Crippen LogP contribution in [0.2, 0.25) is 5.02 Å². The molecule has 0 aromatic heterocycles. The lowest BCUT2D eigenvalue weighted by Crippen LogP contribution is -2.20. The summed E-state index contributed by atoms with van der Waals surface area (Å²) in [6.45, 7) is 7.41. The Morgan fingerprint density at radius 3 is 2.40 bits per heavy atom. The van der Waals surface area contributed by atoms with E-state index in [9.17, 15) is 0 Å². The van der Waals surface area contributed by atoms with E-state index in [1.807, 2.05) is 12.1 Å². The molecule has 0 fully saturated rings. The first-order valence-electron chi connectivity index (χ1n) is 7.15. The molecular formula is C18H22ClN. The van der Waals surface area contributed by atoms with Gasteiger partial charge < -0.3 is 5.32 Å². The number of hydrogen-bond acceptors (Lipinski definition) is 1. The Morgan fingerprint density at radius 1 is 1.05 bits per heavy atom. The van der Waals surface area contributed by atoms with Crippen LogP contribution in [0.1, 0.15) is 41.6 Å². The summed E-state index contributed by atoms with van der Waals surface area (Å²) < 4.78 is 0. The molecule has 106 valence electrons. The summed E-state index contributed by atoms with van der Waals surface area (Å²) in [5.74, 6) is 0. The quantitative estimate of drug-likeness (QED) is 0.797. The molecule has 0 radical (unpaired) electrons. The molecule has 0 heterocycles. The summed E-state index contributed by atoms with van der Waals surface area (Å²) in [7, 11) is 0. The fraction of sp³-hybridized carbons (Fsp3) is 0.333. The maximum atomic E-state index is 5.95. The molecule has 0 saturated carbocycles. The standard InChI is InChI=1S/C18H22ClN/c1-4-18(15-7-9-17(19)10-8-15)20-12-16-11-13(2)5-6-14(16)3/h5-11,18,20H,4,12H2,1-3H3. The van der Waals surface area contributed by atoms with Crippen molar-refractivity contribution in [1.29, 1.82) is 0 Å². The van der Waals surface area contributed by atoms with Gasteiger partial charge in [0.25, 0.3) is 0 Å². The summed E-state index contributed by atoms with van der Waals surface area (Å²) >= 11 is 5.95. The van der Waals surface area contributed by atoms with Crippen LogP contribution in [0.4, 0.5) is 0 Å². The van der Waals surface area contributed by atoms with E-state index in [4.69, 9.17) is 11.6 Å². The van der Waals surface area contributed by atoms with Gasteiger partial charge in [0.2, 0.25) is 0 Å². The van der Waals surface area contributed by atoms with Gasteiger partial charge in [-0.15, -0.1) is 0 Å². The van der Waals surface area contributed by atoms with Crippen LogP contribution in [-0.4, -0.2) is 0 Å². The zero-order chi connectivity index (χ0) is 14.5. The van der Waals surface area contributed by atoms with Crippen molar-refractivity contribution in [2.24, 2.45) is 0 Å². The molecule has 2 heteroatoms. The van der Waals surface area contributed by atoms with Crippen LogP contribution in [-0.2, 0) is 6.54 Å². The van der Waals surface area contributed by atoms with Crippen molar-refractivity contribution in [3.05, 3.63) is 69.7 Å². The average molecular weight is 288 g/mol. The van der Waals surface area contributed by atoms with Gasteiger partial charge in [-0.25, -0.2) is 0 Å². The molecule has 0 spiro atoms. The van der Waals surface area contributed by atoms with Gasteiger partial charge in [-0.05, 0) is 49.1 Å². The highest BCUT2D eigenvalue weighted by molar-refractivity contribution is 6.30. The highest BCUT2D eigenvalue weighted by Crippen LogP contribution is 2.20. The molecule has 0 aliphatic rings. The Balaban J connectivity index is 2.07. The maximum absolute atomic E-state index is 5.95. The molecule has 0 amide bonds. The molecule has 1 N–H and O–H groups in total. The predicted molar refractivity (Wildman–Crippen MR) is 87.2 cm³/mol. The molecule has 1 unspecified atom stereocenters. The lowest BCUT2D eigenvalue weighted by atomic mass is 10.0. The van der Waals surface area contributed by atoms with Gasteiger partial charge in [-0.2, -0.15) is 0 Å². The average Bonchev–Trinajstić information content (AvgIpc) is 2.45. The van der Waals surface area contributed by atoms with E-state index >= 15 is 0 Å². The highest BCUT2D eigenvalue weighted by Gasteiger charge is 2.09. The fourth-order valence-corrected chi connectivity index (χ4v) is 2.54. The zero-order valence-electron chi connectivity index (χ0n) is 12.4. The number of hydrogen-bond donors (Lipinski definition) is 1. The summed E-state index contributed by atoms with van der Waals surface area (Å²) in [6.07, 6.45) is 1.06. The van der Waals surface area contributed by atoms with E-state index in [1.54, 1.807) is 0 Å². The summed E-state index contributed by atoms with van der Waals surface area (Å²) in [5, 5.41) is 4.44. The van der Waals surface area contributed by atoms with Crippen molar-refractivity contribution in [2.45, 2.75) is 39.8 Å². The minimum Gasteiger partial charge on any atom is -0.306 e. The second-order valence-corrected chi connectivity index (χ2v) is 5.76. The Morgan fingerprint density at radius 2 is 1.75 bits per heavy atom. The van der Waals surface area contributed by atoms with Crippen molar-refractivity contribution < 1.29 is 0 Å². The molecular weight excluding hydrogens is 266 g/mol. The molecule has 20 heavy (non-hydrogen) atoms. The van der Waals surface area contributed by atoms with Crippen molar-refractivity contribution in [2.75, 3.05) is 0 Å². The lowest BCUT2D eigenvalue weighted by molar-refractivity contribution is 0.518. The van der Waals surface area contributed by atoms with Crippen LogP contribution in [0.3, 0.4) is 0 Å². The van der Waals surface area contributed by atoms with E-state index in [1.165, 1.54) is 22.3 Å². The van der Waals surface area contributed by atoms with Gasteiger partial charge in [0.05, 0.1) is 0 Å². The van der Waals surface area contributed by atoms with Gasteiger partial charge in [-0.3, -0.25) is 0 Å². The Kier molecular flexibility index (Phi) is 5.22. The first-order chi connectivity index (χ1) is 9.60. The van der Waals surface area contributed by atoms with Crippen molar-refractivity contribution in [3.63, 3.8) is 0 Å². The van der Waals surface area contributed by atoms with Crippen molar-refractivity contribution in [3.8, 4) is 0 Å². The van der Waals surface area contributed by atoms with Crippen LogP contribution >= 0.6 is 11.6 Å². The predicted octanol–water partition coefficient (Wildman–Crippen LogP) is 5.20. The molecule has 1 atom stereocenters. The van der Waals surface area contributed by atoms with E-state index < -0.39 is 0 Å². The second kappa shape index (κ2) is 6.92. The van der Waals surface area contributed by atoms with E-state index in [2.05, 4.69) is 56.4 Å². The highest BCUT2D eigenvalue weighted by atomic mass is 35.5. The smallest absolute Gasteiger partial charge is 0.0406 e. The second-order valence-electron chi connectivity index (χ2n) is 5.32. The minimum absolute atomic E-state index is 0.368. The zero-order valence-corrected chi connectivity index (χ0v) is 13.2. The maximum Gasteiger partial charge on any atom is 0.0406 e. The van der Waals surface area contributed by atoms with Crippen molar-refractivity contribution in [1.82, 2.24) is 5.32 Å². The SMILES string of the molecule is CCC(NCc1cc(C)ccc1C)c1ccc(Cl)cc1. The molecule has 0 saturated heterocycles. The van der Waals surface area contributed by atoms with Crippen LogP contribution in [0, 0.1) is 13.8 Å². The number of benzene rings is 2. The largest absolute Gasteiger partial charge is 0.306 e. The fourth-order valence-electron chi connectivity index (χ4n) is 2.42. The first-order valence-corrected chi connectivity index (χ1v) is 7.53. The third kappa shape index (κ3) is 3.84. The number of nitrogens with one attached hydrogen (secondary N) is 1. The van der Waals surface area contributed by atoms with Crippen LogP contribution in [0.25, 0.3) is 0 Å². The lowest BCUT2D eigenvalue weighted by Gasteiger charge is -2.18. The van der Waals surface area contributed by atoms with Crippen LogP contribution in [0.15, 0.2) is 42.5 Å². The molecule has 0 aliphatic carbocycles. The molecule has 2 rings (SSSR count). The van der Waals surface area contributed by atoms with Crippen LogP contribution < -0.4 is 5.32 Å². The van der Waals surface area contributed by atoms with Gasteiger partial charge in [0.1, 0.15) is 0 Å². The van der Waals surface area contributed by atoms with Gasteiger partial charge in [0, 0.05) is 17.6 Å². The van der Waals surface area contributed by atoms with Gasteiger partial charge in [0.15, 0.2) is 0 Å². The molecule has 1 nitrogen and oxygen atoms in total. The van der Waals surface area contributed by atoms with Crippen LogP contribution in [0.5, 0.6) is 0 Å². The van der Waals surface area contributed by atoms with E-state index in [0.717, 1.165) is 18.0 Å². The molecule has 2 aromatic rings. The van der Waals surface area contributed by atoms with E-state index in [-0.39, 0.29) is 0 Å². The summed E-state index contributed by atoms with van der Waals surface area (Å²) in [5.41, 5.74) is 5.32. The summed E-state index contributed by atoms with van der Waals surface area (Å²) in [6, 6.07) is 15.1. The van der Waals surface area contributed by atoms with Gasteiger partial charge >= 0.3 is 0 Å². The number of aryl methyl sites for hydroxylation is 2. The van der Waals surface area contributed by atoms with Crippen molar-refractivity contribution >= 4 is 11.6 Å². The third-order valence-corrected chi connectivity index (χ3v) is 3.98. The normalized spacial score (nSPS) is 12.4. The Labute approximate surface area is 127 Å². The number of halogens is 1. The molecule has 0 bridgehead atoms. The number of rotatable bonds is 5. The topological polar surface area (TPSA) is 12.0 Å². The van der Waals surface area contributed by atoms with Gasteiger partial charge in [-0.1, -0.05) is 54.4 Å². The first kappa shape index (κ1) is 15.1. The third-order valence-electron chi connectivity index (χ3n) is 3.72. The monoisotopic (exact) mass is 287 g/mol. The molecule has 0 aliphatic heterocycles. The Hall–Kier alpha value is -1.31.